The van der Waals surface area contributed by atoms with Crippen LogP contribution in [0.3, 0.4) is 0 Å². The molecule has 1 unspecified atom stereocenters. The molecule has 3 rings (SSSR count). The normalized spacial score (nSPS) is 15.7. The fraction of sp³-hybridized carbons (Fsp3) is 0.250. The first-order chi connectivity index (χ1) is 12.9. The Morgan fingerprint density at radius 1 is 1.11 bits per heavy atom. The zero-order valence-corrected chi connectivity index (χ0v) is 15.9. The smallest absolute Gasteiger partial charge is 0.251 e. The van der Waals surface area contributed by atoms with Crippen LogP contribution in [0, 0.1) is 0 Å². The van der Waals surface area contributed by atoms with Gasteiger partial charge in [-0.25, -0.2) is 0 Å². The van der Waals surface area contributed by atoms with Crippen LogP contribution in [-0.2, 0) is 9.59 Å². The number of hydrogen-bond acceptors (Lipinski definition) is 4. The molecule has 1 aliphatic rings. The number of amides is 3. The summed E-state index contributed by atoms with van der Waals surface area (Å²) >= 11 is 1.39. The van der Waals surface area contributed by atoms with Crippen molar-refractivity contribution in [3.05, 3.63) is 54.1 Å². The standard InChI is InChI=1S/C20H21N3O3S/c1-12(2)21-19(25)13-7-9-14(10-8-13)22-18(24)11-17-20(26)23-15-5-3-4-6-16(15)27-17/h3-10,12,17H,11H2,1-2H3,(H,21,25)(H,22,24)(H,23,26). The third-order valence-electron chi connectivity index (χ3n) is 3.93. The number of thioether (sulfide) groups is 1. The molecule has 3 amide bonds. The van der Waals surface area contributed by atoms with Crippen LogP contribution in [0.4, 0.5) is 11.4 Å². The van der Waals surface area contributed by atoms with Gasteiger partial charge in [-0.3, -0.25) is 14.4 Å². The maximum absolute atomic E-state index is 12.3. The molecular weight excluding hydrogens is 362 g/mol. The Bertz CT molecular complexity index is 865. The van der Waals surface area contributed by atoms with Gasteiger partial charge in [-0.05, 0) is 50.2 Å². The van der Waals surface area contributed by atoms with Gasteiger partial charge in [-0.15, -0.1) is 11.8 Å². The third-order valence-corrected chi connectivity index (χ3v) is 5.20. The van der Waals surface area contributed by atoms with Crippen LogP contribution in [0.25, 0.3) is 0 Å². The highest BCUT2D eigenvalue weighted by atomic mass is 32.2. The highest BCUT2D eigenvalue weighted by Crippen LogP contribution is 2.36. The summed E-state index contributed by atoms with van der Waals surface area (Å²) in [6.45, 7) is 3.79. The first kappa shape index (κ1) is 19.0. The molecule has 2 aromatic carbocycles. The molecule has 0 saturated carbocycles. The van der Waals surface area contributed by atoms with Crippen molar-refractivity contribution in [2.75, 3.05) is 10.6 Å². The minimum Gasteiger partial charge on any atom is -0.350 e. The zero-order valence-electron chi connectivity index (χ0n) is 15.1. The average Bonchev–Trinajstić information content (AvgIpc) is 2.62. The van der Waals surface area contributed by atoms with Crippen LogP contribution >= 0.6 is 11.8 Å². The highest BCUT2D eigenvalue weighted by molar-refractivity contribution is 8.01. The lowest BCUT2D eigenvalue weighted by Gasteiger charge is -2.23. The molecule has 140 valence electrons. The van der Waals surface area contributed by atoms with E-state index in [1.165, 1.54) is 11.8 Å². The van der Waals surface area contributed by atoms with Crippen molar-refractivity contribution in [3.8, 4) is 0 Å². The summed E-state index contributed by atoms with van der Waals surface area (Å²) in [6, 6.07) is 14.2. The SMILES string of the molecule is CC(C)NC(=O)c1ccc(NC(=O)CC2Sc3ccccc3NC2=O)cc1. The summed E-state index contributed by atoms with van der Waals surface area (Å²) < 4.78 is 0. The molecule has 1 heterocycles. The molecule has 0 radical (unpaired) electrons. The van der Waals surface area contributed by atoms with Crippen molar-refractivity contribution in [1.29, 1.82) is 0 Å². The van der Waals surface area contributed by atoms with Gasteiger partial charge in [0.15, 0.2) is 0 Å². The van der Waals surface area contributed by atoms with Gasteiger partial charge in [0.1, 0.15) is 0 Å². The molecule has 27 heavy (non-hydrogen) atoms. The van der Waals surface area contributed by atoms with Gasteiger partial charge in [0.2, 0.25) is 11.8 Å². The molecule has 0 spiro atoms. The van der Waals surface area contributed by atoms with E-state index < -0.39 is 5.25 Å². The molecule has 0 saturated heterocycles. The summed E-state index contributed by atoms with van der Waals surface area (Å²) in [7, 11) is 0. The Morgan fingerprint density at radius 3 is 2.52 bits per heavy atom. The molecule has 0 fully saturated rings. The fourth-order valence-corrected chi connectivity index (χ4v) is 3.77. The van der Waals surface area contributed by atoms with Crippen LogP contribution < -0.4 is 16.0 Å². The van der Waals surface area contributed by atoms with E-state index in [0.717, 1.165) is 10.6 Å². The molecule has 0 bridgehead atoms. The van der Waals surface area contributed by atoms with Crippen molar-refractivity contribution >= 4 is 40.9 Å². The maximum Gasteiger partial charge on any atom is 0.251 e. The lowest BCUT2D eigenvalue weighted by molar-refractivity contribution is -0.120. The van der Waals surface area contributed by atoms with E-state index in [9.17, 15) is 14.4 Å². The second-order valence-electron chi connectivity index (χ2n) is 6.55. The third kappa shape index (κ3) is 4.89. The molecule has 7 heteroatoms. The molecule has 0 aromatic heterocycles. The van der Waals surface area contributed by atoms with Crippen LogP contribution in [0.2, 0.25) is 0 Å². The van der Waals surface area contributed by atoms with Gasteiger partial charge in [-0.1, -0.05) is 12.1 Å². The highest BCUT2D eigenvalue weighted by Gasteiger charge is 2.28. The second kappa shape index (κ2) is 8.26. The van der Waals surface area contributed by atoms with Gasteiger partial charge in [0.05, 0.1) is 10.9 Å². The first-order valence-electron chi connectivity index (χ1n) is 8.69. The van der Waals surface area contributed by atoms with Crippen LogP contribution in [0.5, 0.6) is 0 Å². The van der Waals surface area contributed by atoms with E-state index in [2.05, 4.69) is 16.0 Å². The summed E-state index contributed by atoms with van der Waals surface area (Å²) in [6.07, 6.45) is 0.0699. The predicted molar refractivity (Wildman–Crippen MR) is 107 cm³/mol. The largest absolute Gasteiger partial charge is 0.350 e. The number of carbonyl (C=O) groups excluding carboxylic acids is 3. The van der Waals surface area contributed by atoms with E-state index in [-0.39, 0.29) is 30.2 Å². The van der Waals surface area contributed by atoms with Crippen molar-refractivity contribution < 1.29 is 14.4 Å². The zero-order chi connectivity index (χ0) is 19.4. The number of anilines is 2. The first-order valence-corrected chi connectivity index (χ1v) is 9.57. The molecule has 0 aliphatic carbocycles. The van der Waals surface area contributed by atoms with Crippen molar-refractivity contribution in [3.63, 3.8) is 0 Å². The summed E-state index contributed by atoms with van der Waals surface area (Å²) in [4.78, 5) is 37.4. The predicted octanol–water partition coefficient (Wildman–Crippen LogP) is 3.27. The van der Waals surface area contributed by atoms with E-state index in [0.29, 0.717) is 11.3 Å². The van der Waals surface area contributed by atoms with Crippen molar-refractivity contribution in [2.24, 2.45) is 0 Å². The van der Waals surface area contributed by atoms with E-state index in [1.807, 2.05) is 38.1 Å². The van der Waals surface area contributed by atoms with Crippen molar-refractivity contribution in [2.45, 2.75) is 36.5 Å². The quantitative estimate of drug-likeness (QED) is 0.740. The summed E-state index contributed by atoms with van der Waals surface area (Å²) in [5, 5.41) is 7.94. The molecule has 2 aromatic rings. The lowest BCUT2D eigenvalue weighted by Crippen LogP contribution is -2.32. The van der Waals surface area contributed by atoms with Crippen molar-refractivity contribution in [1.82, 2.24) is 5.32 Å². The molecule has 1 aliphatic heterocycles. The number of nitrogens with one attached hydrogen (secondary N) is 3. The van der Waals surface area contributed by atoms with Gasteiger partial charge >= 0.3 is 0 Å². The summed E-state index contributed by atoms with van der Waals surface area (Å²) in [5.74, 6) is -0.576. The molecule has 3 N–H and O–H groups in total. The Morgan fingerprint density at radius 2 is 1.81 bits per heavy atom. The number of fused-ring (bicyclic) bond motifs is 1. The van der Waals surface area contributed by atoms with Crippen LogP contribution in [-0.4, -0.2) is 29.0 Å². The van der Waals surface area contributed by atoms with Gasteiger partial charge in [0.25, 0.3) is 5.91 Å². The monoisotopic (exact) mass is 383 g/mol. The molecule has 1 atom stereocenters. The topological polar surface area (TPSA) is 87.3 Å². The van der Waals surface area contributed by atoms with Crippen LogP contribution in [0.1, 0.15) is 30.6 Å². The van der Waals surface area contributed by atoms with Gasteiger partial charge in [0, 0.05) is 28.6 Å². The Labute approximate surface area is 162 Å². The number of carbonyl (C=O) groups is 3. The Balaban J connectivity index is 1.58. The van der Waals surface area contributed by atoms with Crippen LogP contribution in [0.15, 0.2) is 53.4 Å². The fourth-order valence-electron chi connectivity index (χ4n) is 2.66. The number of hydrogen-bond donors (Lipinski definition) is 3. The van der Waals surface area contributed by atoms with Gasteiger partial charge in [-0.2, -0.15) is 0 Å². The lowest BCUT2D eigenvalue weighted by atomic mass is 10.1. The maximum atomic E-state index is 12.3. The number of rotatable bonds is 5. The molecule has 6 nitrogen and oxygen atoms in total. The number of para-hydroxylation sites is 1. The minimum absolute atomic E-state index is 0.0566. The van der Waals surface area contributed by atoms with Gasteiger partial charge < -0.3 is 16.0 Å². The van der Waals surface area contributed by atoms with E-state index in [4.69, 9.17) is 0 Å². The van der Waals surface area contributed by atoms with E-state index >= 15 is 0 Å². The Kier molecular flexibility index (Phi) is 5.81. The minimum atomic E-state index is -0.476. The van der Waals surface area contributed by atoms with E-state index in [1.54, 1.807) is 24.3 Å². The average molecular weight is 383 g/mol. The number of benzene rings is 2. The summed E-state index contributed by atoms with van der Waals surface area (Å²) in [5.41, 5.74) is 1.89. The second-order valence-corrected chi connectivity index (χ2v) is 7.79. The molecular formula is C20H21N3O3S. The Hall–Kier alpha value is -2.80.